The molecule has 2 rings (SSSR count). The molecule has 0 aromatic heterocycles. The standard InChI is InChI=1S/C19H29N3O4S/c1-5-10-19(3,4)20-18(24)16-6-8-17(9-7-16)27(25,26)22-13-11-21(12-14-22)15(2)23/h6-9H,5,10-14H2,1-4H3,(H,20,24). The van der Waals surface area contributed by atoms with E-state index in [0.717, 1.165) is 12.8 Å². The van der Waals surface area contributed by atoms with Gasteiger partial charge in [0.25, 0.3) is 5.91 Å². The van der Waals surface area contributed by atoms with Gasteiger partial charge >= 0.3 is 0 Å². The lowest BCUT2D eigenvalue weighted by Crippen LogP contribution is -2.49. The van der Waals surface area contributed by atoms with Crippen molar-refractivity contribution < 1.29 is 18.0 Å². The Balaban J connectivity index is 2.08. The molecule has 1 aromatic rings. The highest BCUT2D eigenvalue weighted by Gasteiger charge is 2.29. The van der Waals surface area contributed by atoms with Crippen LogP contribution in [0.5, 0.6) is 0 Å². The van der Waals surface area contributed by atoms with Crippen LogP contribution in [0.15, 0.2) is 29.2 Å². The fourth-order valence-electron chi connectivity index (χ4n) is 3.24. The maximum Gasteiger partial charge on any atom is 0.251 e. The van der Waals surface area contributed by atoms with Gasteiger partial charge in [-0.15, -0.1) is 0 Å². The van der Waals surface area contributed by atoms with Gasteiger partial charge in [-0.05, 0) is 44.5 Å². The molecule has 0 bridgehead atoms. The Bertz CT molecular complexity index is 780. The molecule has 150 valence electrons. The Kier molecular flexibility index (Phi) is 6.64. The summed E-state index contributed by atoms with van der Waals surface area (Å²) >= 11 is 0. The van der Waals surface area contributed by atoms with E-state index in [-0.39, 0.29) is 35.3 Å². The number of hydrogen-bond donors (Lipinski definition) is 1. The SMILES string of the molecule is CCCC(C)(C)NC(=O)c1ccc(S(=O)(=O)N2CCN(C(C)=O)CC2)cc1. The van der Waals surface area contributed by atoms with Crippen LogP contribution >= 0.6 is 0 Å². The smallest absolute Gasteiger partial charge is 0.251 e. The number of benzene rings is 1. The number of carbonyl (C=O) groups excluding carboxylic acids is 2. The zero-order valence-corrected chi connectivity index (χ0v) is 17.3. The zero-order valence-electron chi connectivity index (χ0n) is 16.5. The fourth-order valence-corrected chi connectivity index (χ4v) is 4.66. The van der Waals surface area contributed by atoms with Crippen molar-refractivity contribution in [2.75, 3.05) is 26.2 Å². The van der Waals surface area contributed by atoms with Crippen LogP contribution in [0.3, 0.4) is 0 Å². The van der Waals surface area contributed by atoms with Crippen LogP contribution in [0.25, 0.3) is 0 Å². The number of carbonyl (C=O) groups is 2. The number of rotatable bonds is 6. The highest BCUT2D eigenvalue weighted by atomic mass is 32.2. The summed E-state index contributed by atoms with van der Waals surface area (Å²) in [5, 5.41) is 2.97. The number of nitrogens with zero attached hydrogens (tertiary/aromatic N) is 2. The van der Waals surface area contributed by atoms with E-state index in [4.69, 9.17) is 0 Å². The lowest BCUT2D eigenvalue weighted by molar-refractivity contribution is -0.129. The van der Waals surface area contributed by atoms with E-state index in [1.54, 1.807) is 4.90 Å². The minimum absolute atomic E-state index is 0.0478. The summed E-state index contributed by atoms with van der Waals surface area (Å²) in [4.78, 5) is 25.6. The molecule has 1 fully saturated rings. The summed E-state index contributed by atoms with van der Waals surface area (Å²) in [6.07, 6.45) is 1.82. The first kappa shape index (κ1) is 21.4. The third-order valence-electron chi connectivity index (χ3n) is 4.77. The molecule has 27 heavy (non-hydrogen) atoms. The van der Waals surface area contributed by atoms with E-state index in [2.05, 4.69) is 12.2 Å². The molecular formula is C19H29N3O4S. The van der Waals surface area contributed by atoms with Crippen molar-refractivity contribution in [3.05, 3.63) is 29.8 Å². The summed E-state index contributed by atoms with van der Waals surface area (Å²) in [5.74, 6) is -0.263. The predicted octanol–water partition coefficient (Wildman–Crippen LogP) is 1.85. The van der Waals surface area contributed by atoms with Crippen LogP contribution in [0.1, 0.15) is 50.9 Å². The molecule has 0 radical (unpaired) electrons. The van der Waals surface area contributed by atoms with Gasteiger partial charge in [-0.3, -0.25) is 9.59 Å². The Morgan fingerprint density at radius 2 is 1.63 bits per heavy atom. The molecule has 0 spiro atoms. The second-order valence-corrected chi connectivity index (χ2v) is 9.46. The molecule has 1 aromatic carbocycles. The van der Waals surface area contributed by atoms with Gasteiger partial charge in [-0.1, -0.05) is 13.3 Å². The van der Waals surface area contributed by atoms with E-state index in [1.165, 1.54) is 35.5 Å². The highest BCUT2D eigenvalue weighted by Crippen LogP contribution is 2.19. The molecule has 1 saturated heterocycles. The number of piperazine rings is 1. The van der Waals surface area contributed by atoms with Crippen LogP contribution in [-0.2, 0) is 14.8 Å². The van der Waals surface area contributed by atoms with Crippen molar-refractivity contribution in [1.82, 2.24) is 14.5 Å². The molecule has 8 heteroatoms. The van der Waals surface area contributed by atoms with Crippen LogP contribution in [0.2, 0.25) is 0 Å². The van der Waals surface area contributed by atoms with E-state index < -0.39 is 10.0 Å². The van der Waals surface area contributed by atoms with Gasteiger partial charge in [0.15, 0.2) is 0 Å². The predicted molar refractivity (Wildman–Crippen MR) is 104 cm³/mol. The van der Waals surface area contributed by atoms with Gasteiger partial charge in [0, 0.05) is 44.2 Å². The maximum atomic E-state index is 12.8. The van der Waals surface area contributed by atoms with Crippen molar-refractivity contribution in [3.8, 4) is 0 Å². The number of nitrogens with one attached hydrogen (secondary N) is 1. The molecule has 0 saturated carbocycles. The van der Waals surface area contributed by atoms with Gasteiger partial charge in [0.1, 0.15) is 0 Å². The summed E-state index contributed by atoms with van der Waals surface area (Å²) < 4.78 is 26.9. The molecule has 1 aliphatic rings. The molecule has 1 N–H and O–H groups in total. The van der Waals surface area contributed by atoms with Crippen molar-refractivity contribution in [2.24, 2.45) is 0 Å². The summed E-state index contributed by atoms with van der Waals surface area (Å²) in [5.41, 5.74) is 0.118. The Hall–Kier alpha value is -1.93. The highest BCUT2D eigenvalue weighted by molar-refractivity contribution is 7.89. The van der Waals surface area contributed by atoms with E-state index >= 15 is 0 Å². The third kappa shape index (κ3) is 5.29. The quantitative estimate of drug-likeness (QED) is 0.796. The Morgan fingerprint density at radius 3 is 2.11 bits per heavy atom. The Morgan fingerprint density at radius 1 is 1.07 bits per heavy atom. The molecule has 0 aliphatic carbocycles. The normalized spacial score (nSPS) is 16.2. The molecule has 2 amide bonds. The van der Waals surface area contributed by atoms with Crippen LogP contribution in [-0.4, -0.2) is 61.2 Å². The zero-order chi connectivity index (χ0) is 20.2. The van der Waals surface area contributed by atoms with Gasteiger partial charge in [0.2, 0.25) is 15.9 Å². The molecule has 7 nitrogen and oxygen atoms in total. The second kappa shape index (κ2) is 8.39. The third-order valence-corrected chi connectivity index (χ3v) is 6.68. The topological polar surface area (TPSA) is 86.8 Å². The van der Waals surface area contributed by atoms with Crippen molar-refractivity contribution in [3.63, 3.8) is 0 Å². The van der Waals surface area contributed by atoms with E-state index in [1.807, 2.05) is 13.8 Å². The minimum Gasteiger partial charge on any atom is -0.347 e. The lowest BCUT2D eigenvalue weighted by atomic mass is 9.98. The maximum absolute atomic E-state index is 12.8. The lowest BCUT2D eigenvalue weighted by Gasteiger charge is -2.33. The van der Waals surface area contributed by atoms with E-state index in [0.29, 0.717) is 18.7 Å². The first-order chi connectivity index (χ1) is 12.6. The van der Waals surface area contributed by atoms with Gasteiger partial charge in [0.05, 0.1) is 4.90 Å². The molecule has 0 atom stereocenters. The summed E-state index contributed by atoms with van der Waals surface area (Å²) in [6, 6.07) is 6.01. The largest absolute Gasteiger partial charge is 0.347 e. The van der Waals surface area contributed by atoms with Crippen molar-refractivity contribution >= 4 is 21.8 Å². The average molecular weight is 396 g/mol. The first-order valence-electron chi connectivity index (χ1n) is 9.25. The second-order valence-electron chi connectivity index (χ2n) is 7.52. The van der Waals surface area contributed by atoms with Crippen molar-refractivity contribution in [1.29, 1.82) is 0 Å². The Labute approximate surface area is 161 Å². The van der Waals surface area contributed by atoms with Gasteiger partial charge < -0.3 is 10.2 Å². The van der Waals surface area contributed by atoms with Crippen LogP contribution < -0.4 is 5.32 Å². The minimum atomic E-state index is -3.63. The van der Waals surface area contributed by atoms with Gasteiger partial charge in [-0.25, -0.2) is 8.42 Å². The summed E-state index contributed by atoms with van der Waals surface area (Å²) in [6.45, 7) is 8.80. The molecule has 1 heterocycles. The molecule has 0 unspecified atom stereocenters. The van der Waals surface area contributed by atoms with Crippen molar-refractivity contribution in [2.45, 2.75) is 51.0 Å². The van der Waals surface area contributed by atoms with Crippen LogP contribution in [0, 0.1) is 0 Å². The first-order valence-corrected chi connectivity index (χ1v) is 10.7. The average Bonchev–Trinajstić information content (AvgIpc) is 2.61. The monoisotopic (exact) mass is 395 g/mol. The molecular weight excluding hydrogens is 366 g/mol. The number of hydrogen-bond acceptors (Lipinski definition) is 4. The number of sulfonamides is 1. The van der Waals surface area contributed by atoms with E-state index in [9.17, 15) is 18.0 Å². The fraction of sp³-hybridized carbons (Fsp3) is 0.579. The summed E-state index contributed by atoms with van der Waals surface area (Å²) in [7, 11) is -3.63. The van der Waals surface area contributed by atoms with Gasteiger partial charge in [-0.2, -0.15) is 4.31 Å². The number of amides is 2. The van der Waals surface area contributed by atoms with Crippen LogP contribution in [0.4, 0.5) is 0 Å². The molecule has 1 aliphatic heterocycles.